The Morgan fingerprint density at radius 1 is 1.58 bits per heavy atom. The SMILES string of the molecule is N#Cc1cc2cc[nH]c2nc1N. The Labute approximate surface area is 68.6 Å². The maximum absolute atomic E-state index is 8.64. The fourth-order valence-corrected chi connectivity index (χ4v) is 1.09. The number of nitriles is 1. The van der Waals surface area contributed by atoms with E-state index in [1.807, 2.05) is 12.1 Å². The van der Waals surface area contributed by atoms with Crippen LogP contribution in [-0.2, 0) is 0 Å². The van der Waals surface area contributed by atoms with Gasteiger partial charge in [0.25, 0.3) is 0 Å². The minimum Gasteiger partial charge on any atom is -0.383 e. The molecule has 2 aromatic rings. The van der Waals surface area contributed by atoms with E-state index in [4.69, 9.17) is 11.0 Å². The molecule has 0 aliphatic carbocycles. The van der Waals surface area contributed by atoms with Gasteiger partial charge in [0.1, 0.15) is 17.5 Å². The molecule has 58 valence electrons. The van der Waals surface area contributed by atoms with Crippen LogP contribution in [0.2, 0.25) is 0 Å². The third kappa shape index (κ3) is 0.805. The number of hydrogen-bond donors (Lipinski definition) is 2. The summed E-state index contributed by atoms with van der Waals surface area (Å²) in [6.45, 7) is 0. The molecule has 0 fully saturated rings. The van der Waals surface area contributed by atoms with E-state index in [-0.39, 0.29) is 5.82 Å². The molecule has 0 aromatic carbocycles. The number of nitrogens with one attached hydrogen (secondary N) is 1. The van der Waals surface area contributed by atoms with Crippen molar-refractivity contribution in [1.82, 2.24) is 9.97 Å². The smallest absolute Gasteiger partial charge is 0.143 e. The van der Waals surface area contributed by atoms with Crippen molar-refractivity contribution in [3.05, 3.63) is 23.9 Å². The quantitative estimate of drug-likeness (QED) is 0.600. The first-order chi connectivity index (χ1) is 5.81. The number of hydrogen-bond acceptors (Lipinski definition) is 3. The first-order valence-corrected chi connectivity index (χ1v) is 3.45. The lowest BCUT2D eigenvalue weighted by atomic mass is 10.2. The third-order valence-electron chi connectivity index (χ3n) is 1.68. The second-order valence-electron chi connectivity index (χ2n) is 2.45. The average molecular weight is 158 g/mol. The monoisotopic (exact) mass is 158 g/mol. The first kappa shape index (κ1) is 6.68. The molecule has 0 bridgehead atoms. The van der Waals surface area contributed by atoms with E-state index < -0.39 is 0 Å². The van der Waals surface area contributed by atoms with Crippen LogP contribution >= 0.6 is 0 Å². The van der Waals surface area contributed by atoms with Crippen LogP contribution < -0.4 is 5.73 Å². The lowest BCUT2D eigenvalue weighted by Crippen LogP contribution is -1.94. The molecule has 0 saturated carbocycles. The predicted octanol–water partition coefficient (Wildman–Crippen LogP) is 1.02. The fourth-order valence-electron chi connectivity index (χ4n) is 1.09. The van der Waals surface area contributed by atoms with E-state index >= 15 is 0 Å². The van der Waals surface area contributed by atoms with Crippen LogP contribution in [0.5, 0.6) is 0 Å². The molecule has 0 spiro atoms. The highest BCUT2D eigenvalue weighted by Crippen LogP contribution is 2.15. The first-order valence-electron chi connectivity index (χ1n) is 3.45. The van der Waals surface area contributed by atoms with Crippen molar-refractivity contribution in [2.45, 2.75) is 0 Å². The minimum atomic E-state index is 0.271. The second kappa shape index (κ2) is 2.24. The van der Waals surface area contributed by atoms with Crippen molar-refractivity contribution in [3.63, 3.8) is 0 Å². The number of anilines is 1. The van der Waals surface area contributed by atoms with Gasteiger partial charge in [-0.25, -0.2) is 4.98 Å². The Hall–Kier alpha value is -2.02. The van der Waals surface area contributed by atoms with E-state index in [9.17, 15) is 0 Å². The number of aromatic nitrogens is 2. The Bertz CT molecular complexity index is 463. The van der Waals surface area contributed by atoms with Crippen LogP contribution in [0.25, 0.3) is 11.0 Å². The summed E-state index contributed by atoms with van der Waals surface area (Å²) in [5, 5.41) is 9.54. The van der Waals surface area contributed by atoms with Gasteiger partial charge in [0.15, 0.2) is 0 Å². The van der Waals surface area contributed by atoms with E-state index in [2.05, 4.69) is 9.97 Å². The standard InChI is InChI=1S/C8H6N4/c9-4-6-3-5-1-2-11-8(5)12-7(6)10/h1-3H,(H3,10,11,12). The van der Waals surface area contributed by atoms with Crippen molar-refractivity contribution in [2.75, 3.05) is 5.73 Å². The zero-order valence-corrected chi connectivity index (χ0v) is 6.20. The molecule has 0 aliphatic rings. The molecule has 2 aromatic heterocycles. The number of nitrogen functional groups attached to an aromatic ring is 1. The van der Waals surface area contributed by atoms with Crippen molar-refractivity contribution < 1.29 is 0 Å². The van der Waals surface area contributed by atoms with Gasteiger partial charge in [-0.3, -0.25) is 0 Å². The highest BCUT2D eigenvalue weighted by Gasteiger charge is 2.02. The van der Waals surface area contributed by atoms with Gasteiger partial charge in [0, 0.05) is 11.6 Å². The number of rotatable bonds is 0. The highest BCUT2D eigenvalue weighted by atomic mass is 14.9. The van der Waals surface area contributed by atoms with E-state index in [1.54, 1.807) is 12.3 Å². The summed E-state index contributed by atoms with van der Waals surface area (Å²) in [4.78, 5) is 6.92. The average Bonchev–Trinajstić information content (AvgIpc) is 2.49. The lowest BCUT2D eigenvalue weighted by molar-refractivity contribution is 1.32. The number of nitrogens with zero attached hydrogens (tertiary/aromatic N) is 2. The van der Waals surface area contributed by atoms with Gasteiger partial charge in [-0.15, -0.1) is 0 Å². The molecule has 3 N–H and O–H groups in total. The molecular weight excluding hydrogens is 152 g/mol. The molecule has 0 amide bonds. The zero-order chi connectivity index (χ0) is 8.55. The Morgan fingerprint density at radius 2 is 2.42 bits per heavy atom. The van der Waals surface area contributed by atoms with Crippen LogP contribution in [0, 0.1) is 11.3 Å². The topological polar surface area (TPSA) is 78.5 Å². The number of nitrogens with two attached hydrogens (primary N) is 1. The molecule has 4 nitrogen and oxygen atoms in total. The van der Waals surface area contributed by atoms with E-state index in [1.165, 1.54) is 0 Å². The fraction of sp³-hybridized carbons (Fsp3) is 0. The second-order valence-corrected chi connectivity index (χ2v) is 2.45. The molecule has 2 rings (SSSR count). The molecule has 12 heavy (non-hydrogen) atoms. The van der Waals surface area contributed by atoms with E-state index in [0.29, 0.717) is 11.2 Å². The maximum Gasteiger partial charge on any atom is 0.143 e. The summed E-state index contributed by atoms with van der Waals surface area (Å²) in [5.41, 5.74) is 6.64. The Morgan fingerprint density at radius 3 is 3.17 bits per heavy atom. The van der Waals surface area contributed by atoms with Gasteiger partial charge in [0.2, 0.25) is 0 Å². The molecule has 0 unspecified atom stereocenters. The molecule has 0 atom stereocenters. The summed E-state index contributed by atoms with van der Waals surface area (Å²) in [6.07, 6.45) is 1.76. The van der Waals surface area contributed by atoms with Gasteiger partial charge >= 0.3 is 0 Å². The predicted molar refractivity (Wildman–Crippen MR) is 45.2 cm³/mol. The number of H-pyrrole nitrogens is 1. The van der Waals surface area contributed by atoms with Crippen molar-refractivity contribution in [3.8, 4) is 6.07 Å². The van der Waals surface area contributed by atoms with Crippen LogP contribution in [0.1, 0.15) is 5.56 Å². The summed E-state index contributed by atoms with van der Waals surface area (Å²) >= 11 is 0. The molecule has 2 heterocycles. The number of fused-ring (bicyclic) bond motifs is 1. The van der Waals surface area contributed by atoms with Crippen LogP contribution in [0.15, 0.2) is 18.3 Å². The Kier molecular flexibility index (Phi) is 1.25. The normalized spacial score (nSPS) is 9.92. The summed E-state index contributed by atoms with van der Waals surface area (Å²) in [6, 6.07) is 5.54. The minimum absolute atomic E-state index is 0.271. The van der Waals surface area contributed by atoms with Gasteiger partial charge in [-0.05, 0) is 12.1 Å². The summed E-state index contributed by atoms with van der Waals surface area (Å²) in [7, 11) is 0. The van der Waals surface area contributed by atoms with E-state index in [0.717, 1.165) is 5.39 Å². The molecule has 0 aliphatic heterocycles. The van der Waals surface area contributed by atoms with Crippen molar-refractivity contribution >= 4 is 16.9 Å². The van der Waals surface area contributed by atoms with Gasteiger partial charge < -0.3 is 10.7 Å². The van der Waals surface area contributed by atoms with Gasteiger partial charge in [-0.2, -0.15) is 5.26 Å². The lowest BCUT2D eigenvalue weighted by Gasteiger charge is -1.95. The van der Waals surface area contributed by atoms with Crippen LogP contribution in [-0.4, -0.2) is 9.97 Å². The van der Waals surface area contributed by atoms with Crippen LogP contribution in [0.4, 0.5) is 5.82 Å². The largest absolute Gasteiger partial charge is 0.383 e. The van der Waals surface area contributed by atoms with Crippen LogP contribution in [0.3, 0.4) is 0 Å². The maximum atomic E-state index is 8.64. The molecule has 4 heteroatoms. The Balaban J connectivity index is 2.84. The van der Waals surface area contributed by atoms with Crippen molar-refractivity contribution in [2.24, 2.45) is 0 Å². The van der Waals surface area contributed by atoms with Crippen molar-refractivity contribution in [1.29, 1.82) is 5.26 Å². The zero-order valence-electron chi connectivity index (χ0n) is 6.20. The molecular formula is C8H6N4. The van der Waals surface area contributed by atoms with Gasteiger partial charge in [0.05, 0.1) is 5.56 Å². The third-order valence-corrected chi connectivity index (χ3v) is 1.68. The molecule has 0 saturated heterocycles. The summed E-state index contributed by atoms with van der Waals surface area (Å²) in [5.74, 6) is 0.271. The summed E-state index contributed by atoms with van der Waals surface area (Å²) < 4.78 is 0. The number of pyridine rings is 1. The highest BCUT2D eigenvalue weighted by molar-refractivity contribution is 5.79. The number of aromatic amines is 1. The van der Waals surface area contributed by atoms with Gasteiger partial charge in [-0.1, -0.05) is 0 Å². The molecule has 0 radical (unpaired) electrons.